The highest BCUT2D eigenvalue weighted by molar-refractivity contribution is 6.00. The number of benzene rings is 1. The Labute approximate surface area is 133 Å². The molecule has 0 unspecified atom stereocenters. The van der Waals surface area contributed by atoms with Gasteiger partial charge in [-0.15, -0.1) is 0 Å². The van der Waals surface area contributed by atoms with Crippen LogP contribution in [-0.2, 0) is 0 Å². The van der Waals surface area contributed by atoms with Crippen LogP contribution in [0.2, 0.25) is 0 Å². The summed E-state index contributed by atoms with van der Waals surface area (Å²) in [5.41, 5.74) is 0.714. The fourth-order valence-electron chi connectivity index (χ4n) is 3.11. The first-order valence-corrected chi connectivity index (χ1v) is 8.21. The molecule has 1 atom stereocenters. The van der Waals surface area contributed by atoms with Crippen molar-refractivity contribution in [3.05, 3.63) is 23.8 Å². The molecule has 2 rings (SSSR count). The molecule has 0 aromatic heterocycles. The molecular weight excluding hydrogens is 278 g/mol. The highest BCUT2D eigenvalue weighted by Gasteiger charge is 2.28. The lowest BCUT2D eigenvalue weighted by Crippen LogP contribution is -2.39. The van der Waals surface area contributed by atoms with Crippen LogP contribution < -0.4 is 9.47 Å². The molecule has 1 saturated heterocycles. The van der Waals surface area contributed by atoms with Crippen molar-refractivity contribution in [2.24, 2.45) is 0 Å². The topological polar surface area (TPSA) is 38.8 Å². The molecule has 0 N–H and O–H groups in total. The van der Waals surface area contributed by atoms with Crippen LogP contribution in [0, 0.1) is 0 Å². The number of likely N-dealkylation sites (tertiary alicyclic amines) is 1. The smallest absolute Gasteiger partial charge is 0.180 e. The van der Waals surface area contributed by atoms with Gasteiger partial charge in [0.05, 0.1) is 20.3 Å². The summed E-state index contributed by atoms with van der Waals surface area (Å²) in [4.78, 5) is 15.3. The summed E-state index contributed by atoms with van der Waals surface area (Å²) in [6, 6.07) is 5.46. The number of ether oxygens (including phenoxy) is 2. The number of carbonyl (C=O) groups is 1. The van der Waals surface area contributed by atoms with Crippen LogP contribution in [-0.4, -0.2) is 44.0 Å². The molecular formula is C18H27NO3. The van der Waals surface area contributed by atoms with Gasteiger partial charge in [0.25, 0.3) is 0 Å². The number of hydrogen-bond acceptors (Lipinski definition) is 4. The van der Waals surface area contributed by atoms with Crippen molar-refractivity contribution in [1.82, 2.24) is 4.90 Å². The second kappa shape index (κ2) is 8.18. The molecule has 1 fully saturated rings. The van der Waals surface area contributed by atoms with Crippen molar-refractivity contribution < 1.29 is 14.3 Å². The van der Waals surface area contributed by atoms with Gasteiger partial charge in [0, 0.05) is 5.56 Å². The van der Waals surface area contributed by atoms with E-state index >= 15 is 0 Å². The molecule has 1 aromatic carbocycles. The van der Waals surface area contributed by atoms with E-state index < -0.39 is 0 Å². The van der Waals surface area contributed by atoms with Crippen molar-refractivity contribution in [2.45, 2.75) is 45.1 Å². The van der Waals surface area contributed by atoms with Crippen LogP contribution in [0.3, 0.4) is 0 Å². The molecule has 1 aromatic rings. The third kappa shape index (κ3) is 3.80. The zero-order chi connectivity index (χ0) is 15.9. The standard InChI is InChI=1S/C18H27NO3/c1-4-5-8-15(19-11-6-7-12-19)18(20)14-9-10-16(21-2)17(13-14)22-3/h9-10,13,15H,4-8,11-12H2,1-3H3/t15-/m0/s1. The van der Waals surface area contributed by atoms with Gasteiger partial charge in [-0.05, 0) is 50.6 Å². The Morgan fingerprint density at radius 3 is 2.45 bits per heavy atom. The van der Waals surface area contributed by atoms with Crippen molar-refractivity contribution in [1.29, 1.82) is 0 Å². The van der Waals surface area contributed by atoms with Crippen LogP contribution in [0.5, 0.6) is 11.5 Å². The molecule has 0 spiro atoms. The Morgan fingerprint density at radius 2 is 1.86 bits per heavy atom. The van der Waals surface area contributed by atoms with Gasteiger partial charge >= 0.3 is 0 Å². The van der Waals surface area contributed by atoms with Crippen LogP contribution in [0.1, 0.15) is 49.4 Å². The highest BCUT2D eigenvalue weighted by atomic mass is 16.5. The summed E-state index contributed by atoms with van der Waals surface area (Å²) < 4.78 is 10.6. The summed E-state index contributed by atoms with van der Waals surface area (Å²) >= 11 is 0. The molecule has 122 valence electrons. The molecule has 4 nitrogen and oxygen atoms in total. The van der Waals surface area contributed by atoms with E-state index in [4.69, 9.17) is 9.47 Å². The zero-order valence-corrected chi connectivity index (χ0v) is 13.9. The first-order chi connectivity index (χ1) is 10.7. The number of unbranched alkanes of at least 4 members (excludes halogenated alkanes) is 1. The minimum Gasteiger partial charge on any atom is -0.493 e. The molecule has 0 saturated carbocycles. The second-order valence-electron chi connectivity index (χ2n) is 5.84. The fourth-order valence-corrected chi connectivity index (χ4v) is 3.11. The average molecular weight is 305 g/mol. The number of ketones is 1. The number of Topliss-reactive ketones (excluding diaryl/α,β-unsaturated/α-hetero) is 1. The molecule has 4 heteroatoms. The quantitative estimate of drug-likeness (QED) is 0.689. The largest absolute Gasteiger partial charge is 0.493 e. The summed E-state index contributed by atoms with van der Waals surface area (Å²) in [6.07, 6.45) is 5.52. The maximum absolute atomic E-state index is 13.0. The van der Waals surface area contributed by atoms with Crippen LogP contribution in [0.25, 0.3) is 0 Å². The number of nitrogens with zero attached hydrogens (tertiary/aromatic N) is 1. The molecule has 1 aliphatic heterocycles. The second-order valence-corrected chi connectivity index (χ2v) is 5.84. The monoisotopic (exact) mass is 305 g/mol. The molecule has 0 radical (unpaired) electrons. The fraction of sp³-hybridized carbons (Fsp3) is 0.611. The first kappa shape index (κ1) is 16.8. The van der Waals surface area contributed by atoms with Gasteiger partial charge in [0.1, 0.15) is 0 Å². The minimum absolute atomic E-state index is 0.000510. The minimum atomic E-state index is 0.000510. The predicted molar refractivity (Wildman–Crippen MR) is 88.0 cm³/mol. The molecule has 1 heterocycles. The van der Waals surface area contributed by atoms with E-state index in [2.05, 4.69) is 11.8 Å². The van der Waals surface area contributed by atoms with Gasteiger partial charge in [0.15, 0.2) is 17.3 Å². The maximum atomic E-state index is 13.0. The molecule has 0 bridgehead atoms. The molecule has 22 heavy (non-hydrogen) atoms. The van der Waals surface area contributed by atoms with E-state index in [0.29, 0.717) is 17.1 Å². The summed E-state index contributed by atoms with van der Waals surface area (Å²) in [6.45, 7) is 4.24. The van der Waals surface area contributed by atoms with Crippen LogP contribution in [0.15, 0.2) is 18.2 Å². The van der Waals surface area contributed by atoms with E-state index in [1.807, 2.05) is 12.1 Å². The third-order valence-electron chi connectivity index (χ3n) is 4.38. The first-order valence-electron chi connectivity index (χ1n) is 8.21. The van der Waals surface area contributed by atoms with Crippen LogP contribution in [0.4, 0.5) is 0 Å². The molecule has 0 amide bonds. The Bertz CT molecular complexity index is 495. The van der Waals surface area contributed by atoms with Gasteiger partial charge in [-0.3, -0.25) is 9.69 Å². The lowest BCUT2D eigenvalue weighted by Gasteiger charge is -2.26. The normalized spacial score (nSPS) is 16.5. The lowest BCUT2D eigenvalue weighted by atomic mass is 9.98. The number of rotatable bonds is 8. The van der Waals surface area contributed by atoms with Gasteiger partial charge in [-0.1, -0.05) is 19.8 Å². The van der Waals surface area contributed by atoms with Crippen LogP contribution >= 0.6 is 0 Å². The van der Waals surface area contributed by atoms with Crippen molar-refractivity contribution >= 4 is 5.78 Å². The summed E-state index contributed by atoms with van der Waals surface area (Å²) in [5.74, 6) is 1.48. The number of hydrogen-bond donors (Lipinski definition) is 0. The lowest BCUT2D eigenvalue weighted by molar-refractivity contribution is 0.0835. The van der Waals surface area contributed by atoms with Crippen molar-refractivity contribution in [3.8, 4) is 11.5 Å². The van der Waals surface area contributed by atoms with E-state index in [1.54, 1.807) is 20.3 Å². The average Bonchev–Trinajstić information content (AvgIpc) is 3.08. The van der Waals surface area contributed by atoms with Gasteiger partial charge in [-0.2, -0.15) is 0 Å². The van der Waals surface area contributed by atoms with Gasteiger partial charge in [0.2, 0.25) is 0 Å². The Morgan fingerprint density at radius 1 is 1.18 bits per heavy atom. The maximum Gasteiger partial charge on any atom is 0.180 e. The SMILES string of the molecule is CCCC[C@@H](C(=O)c1ccc(OC)c(OC)c1)N1CCCC1. The number of carbonyl (C=O) groups excluding carboxylic acids is 1. The van der Waals surface area contributed by atoms with Gasteiger partial charge < -0.3 is 9.47 Å². The van der Waals surface area contributed by atoms with E-state index in [1.165, 1.54) is 12.8 Å². The van der Waals surface area contributed by atoms with Crippen molar-refractivity contribution in [2.75, 3.05) is 27.3 Å². The van der Waals surface area contributed by atoms with Crippen molar-refractivity contribution in [3.63, 3.8) is 0 Å². The Kier molecular flexibility index (Phi) is 6.25. The van der Waals surface area contributed by atoms with E-state index in [-0.39, 0.29) is 11.8 Å². The molecule has 1 aliphatic rings. The van der Waals surface area contributed by atoms with Gasteiger partial charge in [-0.25, -0.2) is 0 Å². The Balaban J connectivity index is 2.21. The van der Waals surface area contributed by atoms with E-state index in [9.17, 15) is 4.79 Å². The number of methoxy groups -OCH3 is 2. The summed E-state index contributed by atoms with van der Waals surface area (Å²) in [7, 11) is 3.20. The molecule has 0 aliphatic carbocycles. The van der Waals surface area contributed by atoms with E-state index in [0.717, 1.165) is 32.4 Å². The Hall–Kier alpha value is -1.55. The highest BCUT2D eigenvalue weighted by Crippen LogP contribution is 2.29. The predicted octanol–water partition coefficient (Wildman–Crippen LogP) is 3.54. The summed E-state index contributed by atoms with van der Waals surface area (Å²) in [5, 5.41) is 0. The third-order valence-corrected chi connectivity index (χ3v) is 4.38. The zero-order valence-electron chi connectivity index (χ0n) is 13.9.